The molecule has 3 rings (SSSR count). The van der Waals surface area contributed by atoms with E-state index in [1.807, 2.05) is 0 Å². The molecule has 114 valence electrons. The minimum Gasteiger partial charge on any atom is -0.394 e. The van der Waals surface area contributed by atoms with Crippen LogP contribution in [0, 0.1) is 0 Å². The number of H-pyrrole nitrogens is 1. The van der Waals surface area contributed by atoms with Gasteiger partial charge in [-0.1, -0.05) is 0 Å². The third-order valence-corrected chi connectivity index (χ3v) is 3.33. The normalized spacial score (nSPS) is 29.1. The van der Waals surface area contributed by atoms with E-state index in [9.17, 15) is 15.0 Å². The molecular weight excluding hydrogens is 286 g/mol. The van der Waals surface area contributed by atoms with Crippen LogP contribution in [0.3, 0.4) is 0 Å². The highest BCUT2D eigenvalue weighted by Crippen LogP contribution is 2.30. The molecule has 0 bridgehead atoms. The van der Waals surface area contributed by atoms with Gasteiger partial charge in [0.05, 0.1) is 12.9 Å². The minimum atomic E-state index is -1.33. The van der Waals surface area contributed by atoms with Gasteiger partial charge in [-0.05, 0) is 0 Å². The van der Waals surface area contributed by atoms with Crippen molar-refractivity contribution in [2.75, 3.05) is 12.1 Å². The van der Waals surface area contributed by atoms with E-state index in [1.165, 1.54) is 10.9 Å². The van der Waals surface area contributed by atoms with Crippen LogP contribution in [0.15, 0.2) is 11.1 Å². The summed E-state index contributed by atoms with van der Waals surface area (Å²) in [5.41, 5.74) is 1.14. The van der Waals surface area contributed by atoms with Crippen molar-refractivity contribution in [1.29, 1.82) is 0 Å². The second-order valence-electron chi connectivity index (χ2n) is 4.58. The first-order chi connectivity index (χ1) is 10.1. The number of aromatic amines is 1. The zero-order chi connectivity index (χ0) is 15.1. The summed E-state index contributed by atoms with van der Waals surface area (Å²) in [5, 5.41) is 37.6. The standard InChI is InChI=1S/C10H13N5O6/c16-1-3-5(17)6(18)9(21-3)15-2-11-4-7(15)12-10(14-20)13-8(4)19/h2-3,5-6,9,16-18,20H,1H2,(H2,12,13,14,19)/t3-,5+,6-,9-/m0/s1. The molecule has 0 spiro atoms. The molecule has 3 heterocycles. The monoisotopic (exact) mass is 299 g/mol. The van der Waals surface area contributed by atoms with E-state index in [1.54, 1.807) is 5.48 Å². The van der Waals surface area contributed by atoms with Crippen molar-refractivity contribution in [2.45, 2.75) is 24.5 Å². The zero-order valence-electron chi connectivity index (χ0n) is 10.5. The Morgan fingerprint density at radius 2 is 2.19 bits per heavy atom. The third kappa shape index (κ3) is 2.07. The molecule has 0 radical (unpaired) electrons. The number of aliphatic hydroxyl groups is 3. The summed E-state index contributed by atoms with van der Waals surface area (Å²) in [6.45, 7) is -0.473. The fourth-order valence-corrected chi connectivity index (χ4v) is 2.28. The van der Waals surface area contributed by atoms with Gasteiger partial charge in [0.2, 0.25) is 5.95 Å². The summed E-state index contributed by atoms with van der Waals surface area (Å²) in [6, 6.07) is 0. The summed E-state index contributed by atoms with van der Waals surface area (Å²) in [4.78, 5) is 21.8. The van der Waals surface area contributed by atoms with Gasteiger partial charge in [-0.2, -0.15) is 4.98 Å². The van der Waals surface area contributed by atoms with Crippen LogP contribution in [0.2, 0.25) is 0 Å². The predicted molar refractivity (Wildman–Crippen MR) is 66.6 cm³/mol. The van der Waals surface area contributed by atoms with E-state index in [2.05, 4.69) is 15.0 Å². The molecule has 11 nitrogen and oxygen atoms in total. The van der Waals surface area contributed by atoms with Crippen LogP contribution < -0.4 is 11.0 Å². The van der Waals surface area contributed by atoms with Crippen molar-refractivity contribution in [3.05, 3.63) is 16.7 Å². The first kappa shape index (κ1) is 13.9. The van der Waals surface area contributed by atoms with Gasteiger partial charge in [0, 0.05) is 0 Å². The third-order valence-electron chi connectivity index (χ3n) is 3.33. The van der Waals surface area contributed by atoms with Crippen molar-refractivity contribution in [3.8, 4) is 0 Å². The largest absolute Gasteiger partial charge is 0.394 e. The highest BCUT2D eigenvalue weighted by molar-refractivity contribution is 5.70. The van der Waals surface area contributed by atoms with Crippen LogP contribution in [0.4, 0.5) is 5.95 Å². The Bertz CT molecular complexity index is 714. The van der Waals surface area contributed by atoms with E-state index < -0.39 is 36.7 Å². The Labute approximate surface area is 116 Å². The van der Waals surface area contributed by atoms with Gasteiger partial charge in [-0.15, -0.1) is 0 Å². The highest BCUT2D eigenvalue weighted by Gasteiger charge is 2.44. The highest BCUT2D eigenvalue weighted by atomic mass is 16.6. The molecule has 1 aliphatic heterocycles. The first-order valence-electron chi connectivity index (χ1n) is 6.06. The van der Waals surface area contributed by atoms with E-state index in [0.29, 0.717) is 0 Å². The fourth-order valence-electron chi connectivity index (χ4n) is 2.28. The van der Waals surface area contributed by atoms with Crippen molar-refractivity contribution in [3.63, 3.8) is 0 Å². The van der Waals surface area contributed by atoms with Crippen molar-refractivity contribution >= 4 is 17.1 Å². The molecule has 0 aliphatic carbocycles. The number of rotatable bonds is 3. The van der Waals surface area contributed by atoms with Crippen LogP contribution in [-0.4, -0.2) is 65.0 Å². The molecule has 0 amide bonds. The lowest BCUT2D eigenvalue weighted by Gasteiger charge is -2.16. The summed E-state index contributed by atoms with van der Waals surface area (Å²) in [7, 11) is 0. The second kappa shape index (κ2) is 5.05. The Morgan fingerprint density at radius 1 is 1.43 bits per heavy atom. The quantitative estimate of drug-likeness (QED) is 0.337. The van der Waals surface area contributed by atoms with Gasteiger partial charge in [-0.25, -0.2) is 10.5 Å². The van der Waals surface area contributed by atoms with Crippen LogP contribution >= 0.6 is 0 Å². The van der Waals surface area contributed by atoms with E-state index in [4.69, 9.17) is 15.1 Å². The van der Waals surface area contributed by atoms with Gasteiger partial charge < -0.3 is 20.1 Å². The van der Waals surface area contributed by atoms with Gasteiger partial charge in [0.15, 0.2) is 17.4 Å². The molecule has 0 aromatic carbocycles. The van der Waals surface area contributed by atoms with Crippen LogP contribution in [-0.2, 0) is 4.74 Å². The molecule has 11 heteroatoms. The number of fused-ring (bicyclic) bond motifs is 1. The average molecular weight is 299 g/mol. The summed E-state index contributed by atoms with van der Waals surface area (Å²) >= 11 is 0. The number of ether oxygens (including phenoxy) is 1. The summed E-state index contributed by atoms with van der Waals surface area (Å²) in [5.74, 6) is -0.207. The van der Waals surface area contributed by atoms with Gasteiger partial charge in [0.1, 0.15) is 18.3 Å². The number of imidazole rings is 1. The van der Waals surface area contributed by atoms with Crippen molar-refractivity contribution in [1.82, 2.24) is 19.5 Å². The fraction of sp³-hybridized carbons (Fsp3) is 0.500. The molecule has 6 N–H and O–H groups in total. The molecule has 0 saturated carbocycles. The van der Waals surface area contributed by atoms with Gasteiger partial charge in [-0.3, -0.25) is 19.6 Å². The molecule has 1 aliphatic rings. The maximum Gasteiger partial charge on any atom is 0.280 e. The summed E-state index contributed by atoms with van der Waals surface area (Å²) in [6.07, 6.45) is -3.42. The molecule has 1 saturated heterocycles. The Morgan fingerprint density at radius 3 is 2.81 bits per heavy atom. The van der Waals surface area contributed by atoms with Crippen LogP contribution in [0.5, 0.6) is 0 Å². The molecular formula is C10H13N5O6. The summed E-state index contributed by atoms with van der Waals surface area (Å²) < 4.78 is 6.58. The maximum absolute atomic E-state index is 11.7. The number of nitrogens with one attached hydrogen (secondary N) is 2. The second-order valence-corrected chi connectivity index (χ2v) is 4.58. The van der Waals surface area contributed by atoms with Crippen molar-refractivity contribution < 1.29 is 25.3 Å². The molecule has 21 heavy (non-hydrogen) atoms. The minimum absolute atomic E-state index is 0.0215. The van der Waals surface area contributed by atoms with Gasteiger partial charge >= 0.3 is 0 Å². The number of hydrogen-bond acceptors (Lipinski definition) is 9. The average Bonchev–Trinajstić information content (AvgIpc) is 3.02. The Balaban J connectivity index is 2.09. The smallest absolute Gasteiger partial charge is 0.280 e. The Kier molecular flexibility index (Phi) is 3.35. The zero-order valence-corrected chi connectivity index (χ0v) is 10.5. The number of anilines is 1. The van der Waals surface area contributed by atoms with Crippen LogP contribution in [0.25, 0.3) is 11.2 Å². The maximum atomic E-state index is 11.7. The number of aliphatic hydroxyl groups excluding tert-OH is 3. The Hall–Kier alpha value is -2.05. The number of nitrogens with zero attached hydrogens (tertiary/aromatic N) is 3. The molecule has 4 atom stereocenters. The molecule has 2 aromatic rings. The van der Waals surface area contributed by atoms with E-state index in [-0.39, 0.29) is 17.1 Å². The lowest BCUT2D eigenvalue weighted by atomic mass is 10.1. The molecule has 1 fully saturated rings. The molecule has 2 aromatic heterocycles. The molecule has 0 unspecified atom stereocenters. The van der Waals surface area contributed by atoms with E-state index in [0.717, 1.165) is 0 Å². The van der Waals surface area contributed by atoms with Gasteiger partial charge in [0.25, 0.3) is 5.56 Å². The SMILES string of the molecule is O=c1[nH]c(NO)nc2c1ncn2[C@H]1O[C@@H](CO)[C@@H](O)[C@@H]1O. The topological polar surface area (TPSA) is 166 Å². The van der Waals surface area contributed by atoms with E-state index >= 15 is 0 Å². The first-order valence-corrected chi connectivity index (χ1v) is 6.06. The lowest BCUT2D eigenvalue weighted by Crippen LogP contribution is -2.33. The lowest BCUT2D eigenvalue weighted by molar-refractivity contribution is -0.0511. The van der Waals surface area contributed by atoms with Crippen LogP contribution in [0.1, 0.15) is 6.23 Å². The van der Waals surface area contributed by atoms with Crippen molar-refractivity contribution in [2.24, 2.45) is 0 Å². The number of hydrogen-bond donors (Lipinski definition) is 6. The predicted octanol–water partition coefficient (Wildman–Crippen LogP) is -2.47. The number of aromatic nitrogens is 4.